The topological polar surface area (TPSA) is 78.9 Å². The lowest BCUT2D eigenvalue weighted by molar-refractivity contribution is -0.167. The van der Waals surface area contributed by atoms with Gasteiger partial charge in [0, 0.05) is 19.3 Å². The molecule has 0 amide bonds. The van der Waals surface area contributed by atoms with Crippen LogP contribution in [0.15, 0.2) is 12.2 Å². The zero-order chi connectivity index (χ0) is 40.8. The molecule has 0 aliphatic carbocycles. The van der Waals surface area contributed by atoms with E-state index < -0.39 is 6.10 Å². The minimum absolute atomic E-state index is 0.0676. The van der Waals surface area contributed by atoms with Gasteiger partial charge < -0.3 is 14.2 Å². The number of unbranched alkanes of at least 4 members (excludes halogenated alkanes) is 32. The molecule has 330 valence electrons. The summed E-state index contributed by atoms with van der Waals surface area (Å²) in [6.45, 7) is 6.63. The number of hydrogen-bond acceptors (Lipinski definition) is 6. The van der Waals surface area contributed by atoms with Crippen LogP contribution in [-0.2, 0) is 28.6 Å². The molecule has 0 fully saturated rings. The zero-order valence-corrected chi connectivity index (χ0v) is 37.7. The van der Waals surface area contributed by atoms with Crippen molar-refractivity contribution in [3.05, 3.63) is 12.2 Å². The van der Waals surface area contributed by atoms with Gasteiger partial charge in [0.2, 0.25) is 0 Å². The third-order valence-corrected chi connectivity index (χ3v) is 11.0. The molecule has 6 heteroatoms. The predicted molar refractivity (Wildman–Crippen MR) is 238 cm³/mol. The van der Waals surface area contributed by atoms with Crippen molar-refractivity contribution in [1.82, 2.24) is 0 Å². The molecule has 1 unspecified atom stereocenters. The van der Waals surface area contributed by atoms with Crippen molar-refractivity contribution in [2.45, 2.75) is 277 Å². The first-order valence-electron chi connectivity index (χ1n) is 24.7. The maximum atomic E-state index is 12.7. The molecule has 6 nitrogen and oxygen atoms in total. The second kappa shape index (κ2) is 45.8. The van der Waals surface area contributed by atoms with Crippen molar-refractivity contribution < 1.29 is 28.6 Å². The first-order valence-corrected chi connectivity index (χ1v) is 24.7. The highest BCUT2D eigenvalue weighted by molar-refractivity contribution is 5.71. The third-order valence-electron chi connectivity index (χ3n) is 11.0. The average molecular weight is 791 g/mol. The maximum Gasteiger partial charge on any atom is 0.306 e. The lowest BCUT2D eigenvalue weighted by Gasteiger charge is -2.18. The first-order chi connectivity index (χ1) is 27.5. The molecule has 56 heavy (non-hydrogen) atoms. The molecule has 0 aliphatic heterocycles. The summed E-state index contributed by atoms with van der Waals surface area (Å²) in [6, 6.07) is 0. The molecule has 0 aliphatic rings. The second-order valence-corrected chi connectivity index (χ2v) is 16.7. The highest BCUT2D eigenvalue weighted by Gasteiger charge is 2.19. The lowest BCUT2D eigenvalue weighted by Crippen LogP contribution is -2.30. The Morgan fingerprint density at radius 1 is 0.339 bits per heavy atom. The van der Waals surface area contributed by atoms with Crippen LogP contribution in [0.3, 0.4) is 0 Å². The summed E-state index contributed by atoms with van der Waals surface area (Å²) in [4.78, 5) is 37.8. The van der Waals surface area contributed by atoms with E-state index in [0.29, 0.717) is 19.3 Å². The van der Waals surface area contributed by atoms with Gasteiger partial charge >= 0.3 is 17.9 Å². The van der Waals surface area contributed by atoms with Gasteiger partial charge in [-0.3, -0.25) is 14.4 Å². The molecule has 0 N–H and O–H groups in total. The monoisotopic (exact) mass is 791 g/mol. The fraction of sp³-hybridized carbons (Fsp3) is 0.900. The SMILES string of the molecule is CCCCCCC=CCCCCCCCC(=O)OCC(COC(=O)CCCCCCCCCCCCCC)OC(=O)CCCCCCCCCCCCCCC. The zero-order valence-electron chi connectivity index (χ0n) is 37.7. The molecule has 0 radical (unpaired) electrons. The Morgan fingerprint density at radius 3 is 0.911 bits per heavy atom. The smallest absolute Gasteiger partial charge is 0.306 e. The van der Waals surface area contributed by atoms with Crippen LogP contribution < -0.4 is 0 Å². The molecule has 0 aromatic rings. The lowest BCUT2D eigenvalue weighted by atomic mass is 10.0. The summed E-state index contributed by atoms with van der Waals surface area (Å²) in [6.07, 6.45) is 49.0. The molecule has 0 aromatic carbocycles. The van der Waals surface area contributed by atoms with Gasteiger partial charge in [-0.25, -0.2) is 0 Å². The number of rotatable bonds is 45. The van der Waals surface area contributed by atoms with Crippen molar-refractivity contribution in [3.63, 3.8) is 0 Å². The number of hydrogen-bond donors (Lipinski definition) is 0. The van der Waals surface area contributed by atoms with Crippen LogP contribution in [-0.4, -0.2) is 37.2 Å². The summed E-state index contributed by atoms with van der Waals surface area (Å²) in [5.74, 6) is -0.864. The minimum Gasteiger partial charge on any atom is -0.462 e. The van der Waals surface area contributed by atoms with E-state index in [1.807, 2.05) is 0 Å². The highest BCUT2D eigenvalue weighted by atomic mass is 16.6. The Hall–Kier alpha value is -1.85. The number of esters is 3. The van der Waals surface area contributed by atoms with Crippen molar-refractivity contribution in [2.24, 2.45) is 0 Å². The van der Waals surface area contributed by atoms with Crippen molar-refractivity contribution in [1.29, 1.82) is 0 Å². The van der Waals surface area contributed by atoms with Crippen LogP contribution in [0.25, 0.3) is 0 Å². The molecular formula is C50H94O6. The van der Waals surface area contributed by atoms with E-state index in [2.05, 4.69) is 32.9 Å². The number of allylic oxidation sites excluding steroid dienone is 2. The molecule has 0 rings (SSSR count). The molecule has 1 atom stereocenters. The quantitative estimate of drug-likeness (QED) is 0.0264. The van der Waals surface area contributed by atoms with Crippen LogP contribution in [0.1, 0.15) is 271 Å². The van der Waals surface area contributed by atoms with Gasteiger partial charge in [0.15, 0.2) is 6.10 Å². The fourth-order valence-corrected chi connectivity index (χ4v) is 7.26. The highest BCUT2D eigenvalue weighted by Crippen LogP contribution is 2.16. The summed E-state index contributed by atoms with van der Waals surface area (Å²) in [5, 5.41) is 0. The Bertz CT molecular complexity index is 870. The van der Waals surface area contributed by atoms with E-state index in [1.165, 1.54) is 167 Å². The summed E-state index contributed by atoms with van der Waals surface area (Å²) >= 11 is 0. The Morgan fingerprint density at radius 2 is 0.589 bits per heavy atom. The molecule has 0 spiro atoms. The standard InChI is InChI=1S/C50H94O6/c1-4-7-10-13-16-19-22-25-28-31-34-37-40-43-49(52)55-46-47(45-54-48(51)42-39-36-33-30-27-24-21-18-15-12-9-6-3)56-50(53)44-41-38-35-32-29-26-23-20-17-14-11-8-5-2/h19,22,47H,4-18,20-21,23-46H2,1-3H3. The van der Waals surface area contributed by atoms with Gasteiger partial charge in [-0.15, -0.1) is 0 Å². The van der Waals surface area contributed by atoms with Crippen molar-refractivity contribution >= 4 is 17.9 Å². The van der Waals surface area contributed by atoms with Crippen LogP contribution in [0, 0.1) is 0 Å². The predicted octanol–water partition coefficient (Wildman–Crippen LogP) is 15.8. The molecule has 0 aromatic heterocycles. The number of carbonyl (C=O) groups excluding carboxylic acids is 3. The number of ether oxygens (including phenoxy) is 3. The van der Waals surface area contributed by atoms with Gasteiger partial charge in [-0.05, 0) is 44.9 Å². The van der Waals surface area contributed by atoms with Crippen molar-refractivity contribution in [2.75, 3.05) is 13.2 Å². The van der Waals surface area contributed by atoms with Crippen LogP contribution in [0.2, 0.25) is 0 Å². The molecular weight excluding hydrogens is 697 g/mol. The van der Waals surface area contributed by atoms with E-state index >= 15 is 0 Å². The normalized spacial score (nSPS) is 12.0. The van der Waals surface area contributed by atoms with Gasteiger partial charge in [-0.1, -0.05) is 219 Å². The fourth-order valence-electron chi connectivity index (χ4n) is 7.26. The summed E-state index contributed by atoms with van der Waals surface area (Å²) < 4.78 is 16.8. The molecule has 0 saturated carbocycles. The number of carbonyl (C=O) groups is 3. The minimum atomic E-state index is -0.765. The molecule has 0 bridgehead atoms. The van der Waals surface area contributed by atoms with E-state index in [4.69, 9.17) is 14.2 Å². The van der Waals surface area contributed by atoms with Gasteiger partial charge in [-0.2, -0.15) is 0 Å². The summed E-state index contributed by atoms with van der Waals surface area (Å²) in [5.41, 5.74) is 0. The Kier molecular flexibility index (Phi) is 44.3. The van der Waals surface area contributed by atoms with Crippen LogP contribution in [0.5, 0.6) is 0 Å². The van der Waals surface area contributed by atoms with Crippen LogP contribution in [0.4, 0.5) is 0 Å². The van der Waals surface area contributed by atoms with E-state index in [0.717, 1.165) is 64.2 Å². The third kappa shape index (κ3) is 43.3. The van der Waals surface area contributed by atoms with Gasteiger partial charge in [0.05, 0.1) is 0 Å². The Balaban J connectivity index is 4.34. The maximum absolute atomic E-state index is 12.7. The Labute approximate surface area is 348 Å². The van der Waals surface area contributed by atoms with E-state index in [9.17, 15) is 14.4 Å². The second-order valence-electron chi connectivity index (χ2n) is 16.7. The first kappa shape index (κ1) is 54.2. The molecule has 0 saturated heterocycles. The largest absolute Gasteiger partial charge is 0.462 e. The van der Waals surface area contributed by atoms with Crippen LogP contribution >= 0.6 is 0 Å². The van der Waals surface area contributed by atoms with Gasteiger partial charge in [0.1, 0.15) is 13.2 Å². The molecule has 0 heterocycles. The summed E-state index contributed by atoms with van der Waals surface area (Å²) in [7, 11) is 0. The van der Waals surface area contributed by atoms with E-state index in [-0.39, 0.29) is 31.1 Å². The average Bonchev–Trinajstić information content (AvgIpc) is 3.19. The van der Waals surface area contributed by atoms with Crippen molar-refractivity contribution in [3.8, 4) is 0 Å². The van der Waals surface area contributed by atoms with Gasteiger partial charge in [0.25, 0.3) is 0 Å². The van der Waals surface area contributed by atoms with E-state index in [1.54, 1.807) is 0 Å².